The van der Waals surface area contributed by atoms with Crippen LogP contribution < -0.4 is 5.32 Å². The lowest BCUT2D eigenvalue weighted by Gasteiger charge is -2.42. The van der Waals surface area contributed by atoms with Gasteiger partial charge in [0.2, 0.25) is 0 Å². The van der Waals surface area contributed by atoms with E-state index in [2.05, 4.69) is 19.2 Å². The molecular formula is C14H29NO2. The summed E-state index contributed by atoms with van der Waals surface area (Å²) in [5.41, 5.74) is 0.519. The minimum absolute atomic E-state index is 0.519. The molecule has 1 aliphatic carbocycles. The molecule has 1 aliphatic rings. The summed E-state index contributed by atoms with van der Waals surface area (Å²) in [6.45, 7) is 9.11. The Morgan fingerprint density at radius 1 is 1.24 bits per heavy atom. The van der Waals surface area contributed by atoms with Crippen LogP contribution in [0, 0.1) is 11.3 Å². The van der Waals surface area contributed by atoms with Gasteiger partial charge in [0, 0.05) is 33.4 Å². The van der Waals surface area contributed by atoms with Crippen LogP contribution in [0.5, 0.6) is 0 Å². The van der Waals surface area contributed by atoms with Crippen molar-refractivity contribution < 1.29 is 9.47 Å². The van der Waals surface area contributed by atoms with Gasteiger partial charge in [0.15, 0.2) is 0 Å². The molecule has 102 valence electrons. The molecule has 0 radical (unpaired) electrons. The van der Waals surface area contributed by atoms with E-state index in [4.69, 9.17) is 9.47 Å². The largest absolute Gasteiger partial charge is 0.383 e. The van der Waals surface area contributed by atoms with Crippen LogP contribution in [0.3, 0.4) is 0 Å². The molecule has 3 nitrogen and oxygen atoms in total. The highest BCUT2D eigenvalue weighted by molar-refractivity contribution is 4.89. The normalized spacial score (nSPS) is 18.4. The third-order valence-corrected chi connectivity index (χ3v) is 3.63. The van der Waals surface area contributed by atoms with Gasteiger partial charge in [-0.2, -0.15) is 0 Å². The van der Waals surface area contributed by atoms with Gasteiger partial charge in [-0.25, -0.2) is 0 Å². The number of hydrogen-bond acceptors (Lipinski definition) is 3. The molecule has 17 heavy (non-hydrogen) atoms. The number of methoxy groups -OCH3 is 1. The first kappa shape index (κ1) is 14.9. The second kappa shape index (κ2) is 8.06. The van der Waals surface area contributed by atoms with Crippen molar-refractivity contribution in [2.45, 2.75) is 39.5 Å². The third kappa shape index (κ3) is 5.84. The first-order valence-corrected chi connectivity index (χ1v) is 6.96. The molecule has 1 fully saturated rings. The molecule has 0 aromatic rings. The van der Waals surface area contributed by atoms with Gasteiger partial charge in [-0.05, 0) is 30.6 Å². The van der Waals surface area contributed by atoms with E-state index < -0.39 is 0 Å². The fourth-order valence-electron chi connectivity index (χ4n) is 2.33. The molecule has 1 saturated carbocycles. The van der Waals surface area contributed by atoms with Crippen molar-refractivity contribution in [2.24, 2.45) is 11.3 Å². The molecule has 0 atom stereocenters. The summed E-state index contributed by atoms with van der Waals surface area (Å²) >= 11 is 0. The van der Waals surface area contributed by atoms with Crippen molar-refractivity contribution in [3.8, 4) is 0 Å². The fourth-order valence-corrected chi connectivity index (χ4v) is 2.33. The second-order valence-corrected chi connectivity index (χ2v) is 5.74. The molecule has 0 aliphatic heterocycles. The summed E-state index contributed by atoms with van der Waals surface area (Å²) in [5.74, 6) is 0.646. The van der Waals surface area contributed by atoms with Gasteiger partial charge in [-0.1, -0.05) is 20.3 Å². The third-order valence-electron chi connectivity index (χ3n) is 3.63. The number of ether oxygens (including phenoxy) is 2. The van der Waals surface area contributed by atoms with E-state index in [0.717, 1.165) is 32.9 Å². The number of hydrogen-bond donors (Lipinski definition) is 1. The molecular weight excluding hydrogens is 214 g/mol. The summed E-state index contributed by atoms with van der Waals surface area (Å²) in [5, 5.41) is 3.50. The van der Waals surface area contributed by atoms with Crippen molar-refractivity contribution in [3.63, 3.8) is 0 Å². The van der Waals surface area contributed by atoms with Crippen molar-refractivity contribution in [2.75, 3.05) is 40.0 Å². The number of rotatable bonds is 10. The van der Waals surface area contributed by atoms with Gasteiger partial charge >= 0.3 is 0 Å². The van der Waals surface area contributed by atoms with Crippen LogP contribution in [0.15, 0.2) is 0 Å². The Balaban J connectivity index is 2.08. The van der Waals surface area contributed by atoms with Crippen molar-refractivity contribution >= 4 is 0 Å². The molecule has 0 aromatic heterocycles. The van der Waals surface area contributed by atoms with Crippen molar-refractivity contribution in [1.82, 2.24) is 5.32 Å². The molecule has 0 unspecified atom stereocenters. The van der Waals surface area contributed by atoms with Crippen LogP contribution in [0.25, 0.3) is 0 Å². The average molecular weight is 243 g/mol. The van der Waals surface area contributed by atoms with E-state index in [9.17, 15) is 0 Å². The maximum atomic E-state index is 5.70. The molecule has 0 amide bonds. The first-order valence-electron chi connectivity index (χ1n) is 6.96. The smallest absolute Gasteiger partial charge is 0.0587 e. The molecule has 1 rings (SSSR count). The average Bonchev–Trinajstić information content (AvgIpc) is 2.24. The van der Waals surface area contributed by atoms with E-state index >= 15 is 0 Å². The van der Waals surface area contributed by atoms with Gasteiger partial charge < -0.3 is 14.8 Å². The summed E-state index contributed by atoms with van der Waals surface area (Å²) in [7, 11) is 1.75. The molecule has 0 aromatic carbocycles. The van der Waals surface area contributed by atoms with Crippen LogP contribution >= 0.6 is 0 Å². The Kier molecular flexibility index (Phi) is 7.09. The molecule has 1 N–H and O–H groups in total. The predicted molar refractivity (Wildman–Crippen MR) is 71.3 cm³/mol. The van der Waals surface area contributed by atoms with Gasteiger partial charge in [-0.3, -0.25) is 0 Å². The Hall–Kier alpha value is -0.120. The lowest BCUT2D eigenvalue weighted by molar-refractivity contribution is 0.0393. The Bertz CT molecular complexity index is 191. The highest BCUT2D eigenvalue weighted by Crippen LogP contribution is 2.43. The summed E-state index contributed by atoms with van der Waals surface area (Å²) in [6.07, 6.45) is 5.31. The van der Waals surface area contributed by atoms with E-state index in [0.29, 0.717) is 11.3 Å². The van der Waals surface area contributed by atoms with E-state index in [1.54, 1.807) is 7.11 Å². The predicted octanol–water partition coefficient (Wildman–Crippen LogP) is 2.46. The zero-order valence-electron chi connectivity index (χ0n) is 11.8. The van der Waals surface area contributed by atoms with Gasteiger partial charge in [0.25, 0.3) is 0 Å². The standard InChI is InChI=1S/C14H29NO2/c1-13(2)11-17-9-7-14(5-4-6-14)12-15-8-10-16-3/h13,15H,4-12H2,1-3H3. The topological polar surface area (TPSA) is 30.5 Å². The monoisotopic (exact) mass is 243 g/mol. The Labute approximate surface area is 106 Å². The molecule has 0 heterocycles. The summed E-state index contributed by atoms with van der Waals surface area (Å²) in [4.78, 5) is 0. The maximum Gasteiger partial charge on any atom is 0.0587 e. The maximum absolute atomic E-state index is 5.70. The van der Waals surface area contributed by atoms with Crippen molar-refractivity contribution in [3.05, 3.63) is 0 Å². The van der Waals surface area contributed by atoms with E-state index in [1.165, 1.54) is 25.7 Å². The fraction of sp³-hybridized carbons (Fsp3) is 1.00. The molecule has 0 bridgehead atoms. The summed E-state index contributed by atoms with van der Waals surface area (Å²) < 4.78 is 10.7. The van der Waals surface area contributed by atoms with Crippen LogP contribution in [0.1, 0.15) is 39.5 Å². The van der Waals surface area contributed by atoms with E-state index in [1.807, 2.05) is 0 Å². The van der Waals surface area contributed by atoms with Gasteiger partial charge in [0.05, 0.1) is 6.61 Å². The minimum Gasteiger partial charge on any atom is -0.383 e. The lowest BCUT2D eigenvalue weighted by Crippen LogP contribution is -2.41. The first-order chi connectivity index (χ1) is 8.18. The Morgan fingerprint density at radius 3 is 2.53 bits per heavy atom. The highest BCUT2D eigenvalue weighted by Gasteiger charge is 2.35. The lowest BCUT2D eigenvalue weighted by atomic mass is 9.67. The Morgan fingerprint density at radius 2 is 2.00 bits per heavy atom. The zero-order valence-corrected chi connectivity index (χ0v) is 11.8. The molecule has 0 saturated heterocycles. The van der Waals surface area contributed by atoms with E-state index in [-0.39, 0.29) is 0 Å². The quantitative estimate of drug-likeness (QED) is 0.598. The molecule has 0 spiro atoms. The second-order valence-electron chi connectivity index (χ2n) is 5.74. The highest BCUT2D eigenvalue weighted by atomic mass is 16.5. The van der Waals surface area contributed by atoms with Crippen LogP contribution in [0.2, 0.25) is 0 Å². The molecule has 3 heteroatoms. The van der Waals surface area contributed by atoms with Gasteiger partial charge in [0.1, 0.15) is 0 Å². The summed E-state index contributed by atoms with van der Waals surface area (Å²) in [6, 6.07) is 0. The zero-order chi connectivity index (χ0) is 12.6. The van der Waals surface area contributed by atoms with Crippen LogP contribution in [-0.4, -0.2) is 40.0 Å². The SMILES string of the molecule is COCCNCC1(CCOCC(C)C)CCC1. The minimum atomic E-state index is 0.519. The van der Waals surface area contributed by atoms with Gasteiger partial charge in [-0.15, -0.1) is 0 Å². The number of nitrogens with one attached hydrogen (secondary N) is 1. The van der Waals surface area contributed by atoms with Crippen LogP contribution in [-0.2, 0) is 9.47 Å². The van der Waals surface area contributed by atoms with Crippen LogP contribution in [0.4, 0.5) is 0 Å². The van der Waals surface area contributed by atoms with Crippen molar-refractivity contribution in [1.29, 1.82) is 0 Å².